The molecule has 0 aliphatic rings. The molecule has 0 aromatic heterocycles. The van der Waals surface area contributed by atoms with Crippen molar-refractivity contribution in [1.29, 1.82) is 0 Å². The standard InChI is InChI=1S/C9H17.HI.Mg/c1-8(2)6-5-7-9(3)4;;/h8H,1,3,5-7H2,2,4H3;1H;/q;;+1/p-1. The van der Waals surface area contributed by atoms with Gasteiger partial charge in [0, 0.05) is 0 Å². The van der Waals surface area contributed by atoms with Crippen LogP contribution in [-0.4, -0.2) is 21.7 Å². The van der Waals surface area contributed by atoms with Gasteiger partial charge >= 0.3 is 77.4 Å². The minimum Gasteiger partial charge on any atom is -1.00 e. The van der Waals surface area contributed by atoms with E-state index in [9.17, 15) is 0 Å². The van der Waals surface area contributed by atoms with Gasteiger partial charge in [-0.2, -0.15) is 0 Å². The van der Waals surface area contributed by atoms with Gasteiger partial charge in [-0.1, -0.05) is 0 Å². The molecule has 1 unspecified atom stereocenters. The van der Waals surface area contributed by atoms with Crippen LogP contribution < -0.4 is 24.0 Å². The summed E-state index contributed by atoms with van der Waals surface area (Å²) >= 11 is 2.08. The van der Waals surface area contributed by atoms with Crippen LogP contribution in [0.15, 0.2) is 12.2 Å². The van der Waals surface area contributed by atoms with E-state index in [1.807, 2.05) is 0 Å². The van der Waals surface area contributed by atoms with Crippen LogP contribution >= 0.6 is 0 Å². The quantitative estimate of drug-likeness (QED) is 0.375. The van der Waals surface area contributed by atoms with Crippen molar-refractivity contribution < 1.29 is 24.0 Å². The third-order valence-corrected chi connectivity index (χ3v) is 2.78. The summed E-state index contributed by atoms with van der Waals surface area (Å²) in [5.41, 5.74) is 1.32. The van der Waals surface area contributed by atoms with E-state index in [0.717, 1.165) is 5.92 Å². The first-order valence-electron chi connectivity index (χ1n) is 4.10. The van der Waals surface area contributed by atoms with Crippen LogP contribution in [0.5, 0.6) is 0 Å². The van der Waals surface area contributed by atoms with Gasteiger partial charge in [-0.05, 0) is 0 Å². The molecule has 0 N–H and O–H groups in total. The van der Waals surface area contributed by atoms with E-state index in [1.54, 1.807) is 0 Å². The van der Waals surface area contributed by atoms with E-state index in [0.29, 0.717) is 0 Å². The SMILES string of the molecule is C=C(C)CCCC(C)[CH2][Mg+].[I-]. The summed E-state index contributed by atoms with van der Waals surface area (Å²) in [6.45, 7) is 8.31. The van der Waals surface area contributed by atoms with E-state index in [2.05, 4.69) is 42.1 Å². The van der Waals surface area contributed by atoms with Crippen molar-refractivity contribution in [2.75, 3.05) is 0 Å². The second-order valence-electron chi connectivity index (χ2n) is 3.24. The molecule has 1 atom stereocenters. The van der Waals surface area contributed by atoms with E-state index >= 15 is 0 Å². The van der Waals surface area contributed by atoms with Gasteiger partial charge in [-0.25, -0.2) is 0 Å². The molecule has 11 heavy (non-hydrogen) atoms. The maximum absolute atomic E-state index is 3.88. The molecule has 0 rings (SSSR count). The van der Waals surface area contributed by atoms with Gasteiger partial charge in [0.1, 0.15) is 0 Å². The van der Waals surface area contributed by atoms with Gasteiger partial charge in [0.2, 0.25) is 0 Å². The predicted octanol–water partition coefficient (Wildman–Crippen LogP) is -0.0403. The average Bonchev–Trinajstić information content (AvgIpc) is 1.87. The number of hydrogen-bond donors (Lipinski definition) is 0. The molecule has 0 bridgehead atoms. The van der Waals surface area contributed by atoms with Crippen molar-refractivity contribution in [2.24, 2.45) is 5.92 Å². The van der Waals surface area contributed by atoms with Crippen molar-refractivity contribution in [3.05, 3.63) is 12.2 Å². The zero-order valence-corrected chi connectivity index (χ0v) is 11.3. The summed E-state index contributed by atoms with van der Waals surface area (Å²) in [6.07, 6.45) is 3.92. The van der Waals surface area contributed by atoms with Crippen molar-refractivity contribution >= 4 is 21.7 Å². The maximum atomic E-state index is 3.88. The molecule has 0 aliphatic heterocycles. The van der Waals surface area contributed by atoms with E-state index < -0.39 is 0 Å². The van der Waals surface area contributed by atoms with E-state index in [1.165, 1.54) is 29.4 Å². The Labute approximate surface area is 101 Å². The summed E-state index contributed by atoms with van der Waals surface area (Å²) < 4.78 is 1.34. The molecule has 0 saturated carbocycles. The molecule has 0 nitrogen and oxygen atoms in total. The van der Waals surface area contributed by atoms with Crippen molar-refractivity contribution in [3.63, 3.8) is 0 Å². The Bertz CT molecular complexity index is 102. The van der Waals surface area contributed by atoms with Crippen LogP contribution in [0.2, 0.25) is 4.55 Å². The third-order valence-electron chi connectivity index (χ3n) is 1.79. The van der Waals surface area contributed by atoms with Crippen LogP contribution in [0.3, 0.4) is 0 Å². The molecule has 62 valence electrons. The smallest absolute Gasteiger partial charge is 1.00 e. The Morgan fingerprint density at radius 1 is 1.55 bits per heavy atom. The van der Waals surface area contributed by atoms with E-state index in [-0.39, 0.29) is 24.0 Å². The first kappa shape index (κ1) is 14.7. The number of rotatable bonds is 5. The van der Waals surface area contributed by atoms with Crippen molar-refractivity contribution in [2.45, 2.75) is 37.7 Å². The molecule has 0 heterocycles. The van der Waals surface area contributed by atoms with Crippen LogP contribution in [0.4, 0.5) is 0 Å². The molecule has 0 aromatic carbocycles. The van der Waals surface area contributed by atoms with Gasteiger partial charge in [0.25, 0.3) is 0 Å². The van der Waals surface area contributed by atoms with Gasteiger partial charge in [0.05, 0.1) is 0 Å². The van der Waals surface area contributed by atoms with Crippen molar-refractivity contribution in [3.8, 4) is 0 Å². The largest absolute Gasteiger partial charge is 1.00 e. The summed E-state index contributed by atoms with van der Waals surface area (Å²) in [4.78, 5) is 0. The number of halogens is 1. The number of hydrogen-bond acceptors (Lipinski definition) is 0. The second-order valence-corrected chi connectivity index (χ2v) is 3.82. The molecule has 0 fully saturated rings. The maximum Gasteiger partial charge on any atom is -1.00 e. The third kappa shape index (κ3) is 11.2. The molecule has 0 spiro atoms. The Morgan fingerprint density at radius 2 is 2.09 bits per heavy atom. The van der Waals surface area contributed by atoms with E-state index in [4.69, 9.17) is 0 Å². The molecule has 0 aromatic rings. The minimum atomic E-state index is 0. The van der Waals surface area contributed by atoms with Crippen LogP contribution in [-0.2, 0) is 0 Å². The Morgan fingerprint density at radius 3 is 2.45 bits per heavy atom. The summed E-state index contributed by atoms with van der Waals surface area (Å²) in [7, 11) is 0. The number of allylic oxidation sites excluding steroid dienone is 1. The monoisotopic (exact) mass is 276 g/mol. The summed E-state index contributed by atoms with van der Waals surface area (Å²) in [5.74, 6) is 0.915. The fourth-order valence-electron chi connectivity index (χ4n) is 0.897. The molecule has 0 amide bonds. The minimum absolute atomic E-state index is 0. The van der Waals surface area contributed by atoms with Crippen LogP contribution in [0.1, 0.15) is 33.1 Å². The Balaban J connectivity index is 0. The topological polar surface area (TPSA) is 0 Å². The first-order valence-corrected chi connectivity index (χ1v) is 5.10. The molecular formula is C9H17IMg. The van der Waals surface area contributed by atoms with Gasteiger partial charge in [0.15, 0.2) is 0 Å². The summed E-state index contributed by atoms with van der Waals surface area (Å²) in [6, 6.07) is 0. The second kappa shape index (κ2) is 9.33. The summed E-state index contributed by atoms with van der Waals surface area (Å²) in [5, 5.41) is 0. The zero-order valence-electron chi connectivity index (χ0n) is 7.70. The molecule has 0 aliphatic carbocycles. The molecule has 2 heteroatoms. The van der Waals surface area contributed by atoms with Crippen LogP contribution in [0.25, 0.3) is 0 Å². The molecule has 0 radical (unpaired) electrons. The Kier molecular flexibility index (Phi) is 12.5. The van der Waals surface area contributed by atoms with Gasteiger partial charge < -0.3 is 24.0 Å². The van der Waals surface area contributed by atoms with Crippen LogP contribution in [0, 0.1) is 5.92 Å². The zero-order chi connectivity index (χ0) is 7.98. The fourth-order valence-corrected chi connectivity index (χ4v) is 1.19. The average molecular weight is 276 g/mol. The predicted molar refractivity (Wildman–Crippen MR) is 48.4 cm³/mol. The molecular weight excluding hydrogens is 259 g/mol. The first-order chi connectivity index (χ1) is 4.66. The molecule has 0 saturated heterocycles. The van der Waals surface area contributed by atoms with Gasteiger partial charge in [-0.15, -0.1) is 0 Å². The normalized spacial score (nSPS) is 12.0. The van der Waals surface area contributed by atoms with Gasteiger partial charge in [-0.3, -0.25) is 0 Å². The Hall–Kier alpha value is 1.24. The fraction of sp³-hybridized carbons (Fsp3) is 0.778. The van der Waals surface area contributed by atoms with Crippen molar-refractivity contribution in [1.82, 2.24) is 0 Å².